The van der Waals surface area contributed by atoms with Gasteiger partial charge in [0.2, 0.25) is 0 Å². The first-order chi connectivity index (χ1) is 19.8. The van der Waals surface area contributed by atoms with Crippen LogP contribution in [-0.2, 0) is 0 Å². The third-order valence-corrected chi connectivity index (χ3v) is 8.36. The van der Waals surface area contributed by atoms with Crippen molar-refractivity contribution in [1.82, 2.24) is 4.57 Å². The van der Waals surface area contributed by atoms with E-state index in [2.05, 4.69) is 144 Å². The molecule has 2 heteroatoms. The number of hydrogen-bond acceptors (Lipinski definition) is 1. The molecule has 9 rings (SSSR count). The van der Waals surface area contributed by atoms with Crippen molar-refractivity contribution in [1.29, 1.82) is 0 Å². The van der Waals surface area contributed by atoms with E-state index in [1.54, 1.807) is 0 Å². The highest BCUT2D eigenvalue weighted by Gasteiger charge is 2.20. The molecule has 0 aliphatic carbocycles. The van der Waals surface area contributed by atoms with Gasteiger partial charge in [0.1, 0.15) is 11.5 Å². The van der Waals surface area contributed by atoms with Crippen LogP contribution in [0.1, 0.15) is 0 Å². The highest BCUT2D eigenvalue weighted by molar-refractivity contribution is 6.21. The van der Waals surface area contributed by atoms with Crippen LogP contribution in [0.4, 0.5) is 0 Å². The number of hydrogen-bond donors (Lipinski definition) is 0. The minimum absolute atomic E-state index is 0.903. The third-order valence-electron chi connectivity index (χ3n) is 8.36. The summed E-state index contributed by atoms with van der Waals surface area (Å²) in [4.78, 5) is 0. The number of ether oxygens (including phenoxy) is 1. The van der Waals surface area contributed by atoms with Crippen molar-refractivity contribution in [2.75, 3.05) is 0 Å². The zero-order valence-electron chi connectivity index (χ0n) is 21.6. The van der Waals surface area contributed by atoms with E-state index in [0.29, 0.717) is 0 Å². The molecule has 7 aromatic carbocycles. The van der Waals surface area contributed by atoms with Gasteiger partial charge in [0.15, 0.2) is 0 Å². The van der Waals surface area contributed by atoms with E-state index in [-0.39, 0.29) is 0 Å². The molecule has 0 unspecified atom stereocenters. The SMILES string of the molecule is c1cc(-c2ccc3c(c2)-c2cccc4cccc(c24)O3)cc(-n2c3ccccc3c3c4ccccc4ccc32)c1. The van der Waals surface area contributed by atoms with Gasteiger partial charge in [0.05, 0.1) is 11.0 Å². The van der Waals surface area contributed by atoms with Crippen LogP contribution in [0.25, 0.3) is 71.3 Å². The summed E-state index contributed by atoms with van der Waals surface area (Å²) in [6.07, 6.45) is 0. The second kappa shape index (κ2) is 8.08. The van der Waals surface area contributed by atoms with Crippen molar-refractivity contribution < 1.29 is 4.74 Å². The molecule has 1 aliphatic heterocycles. The Morgan fingerprint density at radius 2 is 1.20 bits per heavy atom. The van der Waals surface area contributed by atoms with Gasteiger partial charge < -0.3 is 9.30 Å². The Balaban J connectivity index is 1.25. The van der Waals surface area contributed by atoms with Crippen LogP contribution in [0.5, 0.6) is 11.5 Å². The van der Waals surface area contributed by atoms with E-state index in [0.717, 1.165) is 22.7 Å². The number of nitrogens with zero attached hydrogens (tertiary/aromatic N) is 1. The molecule has 0 bridgehead atoms. The average Bonchev–Trinajstić information content (AvgIpc) is 3.36. The highest BCUT2D eigenvalue weighted by Crippen LogP contribution is 2.47. The minimum Gasteiger partial charge on any atom is -0.456 e. The van der Waals surface area contributed by atoms with Crippen molar-refractivity contribution in [3.63, 3.8) is 0 Å². The number of para-hydroxylation sites is 1. The molecule has 1 aromatic heterocycles. The molecule has 0 amide bonds. The van der Waals surface area contributed by atoms with Crippen molar-refractivity contribution in [3.05, 3.63) is 140 Å². The van der Waals surface area contributed by atoms with Crippen LogP contribution >= 0.6 is 0 Å². The molecule has 2 nitrogen and oxygen atoms in total. The predicted octanol–water partition coefficient (Wildman–Crippen LogP) is 10.5. The molecule has 0 saturated heterocycles. The van der Waals surface area contributed by atoms with Gasteiger partial charge in [-0.05, 0) is 75.3 Å². The summed E-state index contributed by atoms with van der Waals surface area (Å²) in [5, 5.41) is 7.51. The van der Waals surface area contributed by atoms with Gasteiger partial charge >= 0.3 is 0 Å². The van der Waals surface area contributed by atoms with Gasteiger partial charge in [-0.1, -0.05) is 97.1 Å². The van der Waals surface area contributed by atoms with Crippen LogP contribution in [0.15, 0.2) is 140 Å². The van der Waals surface area contributed by atoms with Crippen LogP contribution in [0.3, 0.4) is 0 Å². The average molecular weight is 510 g/mol. The molecule has 0 spiro atoms. The van der Waals surface area contributed by atoms with E-state index < -0.39 is 0 Å². The Hall–Kier alpha value is -5.34. The first-order valence-electron chi connectivity index (χ1n) is 13.7. The normalized spacial score (nSPS) is 12.2. The summed E-state index contributed by atoms with van der Waals surface area (Å²) < 4.78 is 8.75. The largest absolute Gasteiger partial charge is 0.456 e. The zero-order chi connectivity index (χ0) is 26.2. The monoisotopic (exact) mass is 509 g/mol. The molecule has 0 N–H and O–H groups in total. The van der Waals surface area contributed by atoms with Crippen molar-refractivity contribution >= 4 is 43.4 Å². The Kier molecular flexibility index (Phi) is 4.36. The second-order valence-electron chi connectivity index (χ2n) is 10.6. The van der Waals surface area contributed by atoms with E-state index in [9.17, 15) is 0 Å². The van der Waals surface area contributed by atoms with Crippen LogP contribution in [-0.4, -0.2) is 4.57 Å². The first kappa shape index (κ1) is 21.6. The summed E-state index contributed by atoms with van der Waals surface area (Å²) in [6, 6.07) is 50.1. The molecule has 8 aromatic rings. The van der Waals surface area contributed by atoms with Gasteiger partial charge in [-0.25, -0.2) is 0 Å². The fourth-order valence-electron chi connectivity index (χ4n) is 6.59. The van der Waals surface area contributed by atoms with E-state index in [4.69, 9.17) is 4.74 Å². The Bertz CT molecular complexity index is 2300. The Morgan fingerprint density at radius 3 is 2.15 bits per heavy atom. The molecule has 0 saturated carbocycles. The van der Waals surface area contributed by atoms with E-state index in [1.807, 2.05) is 0 Å². The quantitative estimate of drug-likeness (QED) is 0.226. The van der Waals surface area contributed by atoms with Crippen molar-refractivity contribution in [3.8, 4) is 39.4 Å². The predicted molar refractivity (Wildman–Crippen MR) is 167 cm³/mol. The Morgan fingerprint density at radius 1 is 0.425 bits per heavy atom. The number of fused-ring (bicyclic) bond motifs is 7. The Labute approximate surface area is 231 Å². The molecular formula is C38H23NO. The number of aromatic nitrogens is 1. The van der Waals surface area contributed by atoms with E-state index in [1.165, 1.54) is 60.0 Å². The van der Waals surface area contributed by atoms with Crippen LogP contribution < -0.4 is 4.74 Å². The lowest BCUT2D eigenvalue weighted by molar-refractivity contribution is 0.487. The van der Waals surface area contributed by atoms with Gasteiger partial charge in [-0.15, -0.1) is 0 Å². The highest BCUT2D eigenvalue weighted by atomic mass is 16.5. The van der Waals surface area contributed by atoms with Gasteiger partial charge in [0, 0.05) is 27.4 Å². The van der Waals surface area contributed by atoms with Crippen LogP contribution in [0.2, 0.25) is 0 Å². The number of benzene rings is 7. The summed E-state index contributed by atoms with van der Waals surface area (Å²) in [5.41, 5.74) is 8.30. The van der Waals surface area contributed by atoms with Crippen molar-refractivity contribution in [2.45, 2.75) is 0 Å². The lowest BCUT2D eigenvalue weighted by atomic mass is 9.92. The lowest BCUT2D eigenvalue weighted by Crippen LogP contribution is -1.97. The number of rotatable bonds is 2. The molecule has 186 valence electrons. The molecule has 2 heterocycles. The smallest absolute Gasteiger partial charge is 0.135 e. The summed E-state index contributed by atoms with van der Waals surface area (Å²) >= 11 is 0. The van der Waals surface area contributed by atoms with Gasteiger partial charge in [0.25, 0.3) is 0 Å². The maximum atomic E-state index is 6.35. The molecule has 1 aliphatic rings. The van der Waals surface area contributed by atoms with Crippen LogP contribution in [0, 0.1) is 0 Å². The molecular weight excluding hydrogens is 486 g/mol. The topological polar surface area (TPSA) is 14.2 Å². The maximum absolute atomic E-state index is 6.35. The summed E-state index contributed by atoms with van der Waals surface area (Å²) in [5.74, 6) is 1.83. The standard InChI is InChI=1S/C38H23NO/c1-2-13-29-24(8-1)18-20-34-38(29)31-14-3-4-16-33(31)39(34)28-12-5-11-26(22-28)27-19-21-35-32(23-27)30-15-6-9-25-10-7-17-36(40-35)37(25)30/h1-23H. The minimum atomic E-state index is 0.903. The van der Waals surface area contributed by atoms with Gasteiger partial charge in [-0.2, -0.15) is 0 Å². The molecule has 40 heavy (non-hydrogen) atoms. The molecule has 0 radical (unpaired) electrons. The second-order valence-corrected chi connectivity index (χ2v) is 10.6. The summed E-state index contributed by atoms with van der Waals surface area (Å²) in [7, 11) is 0. The van der Waals surface area contributed by atoms with Crippen molar-refractivity contribution in [2.24, 2.45) is 0 Å². The lowest BCUT2D eigenvalue weighted by Gasteiger charge is -2.22. The fourth-order valence-corrected chi connectivity index (χ4v) is 6.59. The van der Waals surface area contributed by atoms with E-state index >= 15 is 0 Å². The molecule has 0 atom stereocenters. The maximum Gasteiger partial charge on any atom is 0.135 e. The fraction of sp³-hybridized carbons (Fsp3) is 0. The first-order valence-corrected chi connectivity index (χ1v) is 13.7. The molecule has 0 fully saturated rings. The third kappa shape index (κ3) is 2.99. The van der Waals surface area contributed by atoms with Gasteiger partial charge in [-0.3, -0.25) is 0 Å². The summed E-state index contributed by atoms with van der Waals surface area (Å²) in [6.45, 7) is 0. The zero-order valence-corrected chi connectivity index (χ0v) is 21.6.